The highest BCUT2D eigenvalue weighted by Crippen LogP contribution is 2.31. The minimum atomic E-state index is -4.82. The number of nitrogen functional groups attached to an aromatic ring is 1. The Labute approximate surface area is 191 Å². The Morgan fingerprint density at radius 3 is 2.53 bits per heavy atom. The SMILES string of the molecule is COCCN(C(=O)Cn1c(C(F)(F)F)nc2ccccc21)c1c(N)n(CC(C)C)c(=O)[nH]c1=O. The average Bonchev–Trinajstić information content (AvgIpc) is 3.12. The molecule has 1 amide bonds. The van der Waals surface area contributed by atoms with Crippen LogP contribution in [0.2, 0.25) is 0 Å². The molecule has 0 fully saturated rings. The van der Waals surface area contributed by atoms with Crippen LogP contribution in [-0.2, 0) is 28.8 Å². The van der Waals surface area contributed by atoms with Gasteiger partial charge in [0, 0.05) is 20.2 Å². The van der Waals surface area contributed by atoms with Gasteiger partial charge in [0.15, 0.2) is 5.69 Å². The van der Waals surface area contributed by atoms with Gasteiger partial charge in [-0.25, -0.2) is 9.78 Å². The van der Waals surface area contributed by atoms with Crippen molar-refractivity contribution >= 4 is 28.4 Å². The number of fused-ring (bicyclic) bond motifs is 1. The van der Waals surface area contributed by atoms with Crippen molar-refractivity contribution in [2.24, 2.45) is 5.92 Å². The first kappa shape index (κ1) is 25.0. The number of carbonyl (C=O) groups is 1. The molecule has 2 heterocycles. The third-order valence-electron chi connectivity index (χ3n) is 5.05. The van der Waals surface area contributed by atoms with Crippen LogP contribution in [0.4, 0.5) is 24.7 Å². The molecule has 13 heteroatoms. The highest BCUT2D eigenvalue weighted by atomic mass is 19.4. The number of carbonyl (C=O) groups excluding carboxylic acids is 1. The summed E-state index contributed by atoms with van der Waals surface area (Å²) in [7, 11) is 1.36. The first-order valence-corrected chi connectivity index (χ1v) is 10.4. The number of H-pyrrole nitrogens is 1. The van der Waals surface area contributed by atoms with Crippen molar-refractivity contribution in [3.05, 3.63) is 50.9 Å². The summed E-state index contributed by atoms with van der Waals surface area (Å²) in [4.78, 5) is 45.0. The molecule has 0 aliphatic carbocycles. The lowest BCUT2D eigenvalue weighted by atomic mass is 10.2. The highest BCUT2D eigenvalue weighted by molar-refractivity contribution is 5.96. The number of aromatic amines is 1. The number of nitrogens with two attached hydrogens (primary N) is 1. The van der Waals surface area contributed by atoms with Crippen molar-refractivity contribution in [2.45, 2.75) is 33.1 Å². The summed E-state index contributed by atoms with van der Waals surface area (Å²) >= 11 is 0. The van der Waals surface area contributed by atoms with Crippen LogP contribution in [0.15, 0.2) is 33.9 Å². The van der Waals surface area contributed by atoms with Gasteiger partial charge in [-0.15, -0.1) is 0 Å². The lowest BCUT2D eigenvalue weighted by Gasteiger charge is -2.25. The van der Waals surface area contributed by atoms with Crippen LogP contribution in [0.5, 0.6) is 0 Å². The monoisotopic (exact) mass is 482 g/mol. The molecular weight excluding hydrogens is 457 g/mol. The maximum atomic E-state index is 13.7. The molecule has 3 aromatic rings. The number of halogens is 3. The van der Waals surface area contributed by atoms with Gasteiger partial charge >= 0.3 is 11.9 Å². The number of benzene rings is 1. The van der Waals surface area contributed by atoms with E-state index >= 15 is 0 Å². The summed E-state index contributed by atoms with van der Waals surface area (Å²) in [6, 6.07) is 5.87. The van der Waals surface area contributed by atoms with E-state index in [-0.39, 0.29) is 48.2 Å². The third kappa shape index (κ3) is 4.98. The van der Waals surface area contributed by atoms with Crippen LogP contribution in [0.25, 0.3) is 11.0 Å². The van der Waals surface area contributed by atoms with Crippen LogP contribution in [0.3, 0.4) is 0 Å². The number of anilines is 2. The topological polar surface area (TPSA) is 128 Å². The molecule has 3 N–H and O–H groups in total. The summed E-state index contributed by atoms with van der Waals surface area (Å²) in [6.07, 6.45) is -4.82. The molecule has 0 saturated carbocycles. The standard InChI is InChI=1S/C21H25F3N6O4/c1-12(2)10-30-17(25)16(18(32)27-20(30)33)28(8-9-34-3)15(31)11-29-14-7-5-4-6-13(14)26-19(29)21(22,23)24/h4-7,12H,8-11,25H2,1-3H3,(H,27,32,33). The Morgan fingerprint density at radius 1 is 1.24 bits per heavy atom. The molecule has 0 radical (unpaired) electrons. The van der Waals surface area contributed by atoms with E-state index in [9.17, 15) is 27.6 Å². The molecule has 0 atom stereocenters. The predicted octanol–water partition coefficient (Wildman–Crippen LogP) is 1.82. The summed E-state index contributed by atoms with van der Waals surface area (Å²) in [5, 5.41) is 0. The van der Waals surface area contributed by atoms with E-state index in [0.717, 1.165) is 14.0 Å². The Morgan fingerprint density at radius 2 is 1.91 bits per heavy atom. The fourth-order valence-corrected chi connectivity index (χ4v) is 3.60. The Kier molecular flexibility index (Phi) is 7.15. The molecule has 0 bridgehead atoms. The van der Waals surface area contributed by atoms with Crippen molar-refractivity contribution < 1.29 is 22.7 Å². The molecular formula is C21H25F3N6O4. The average molecular weight is 482 g/mol. The number of imidazole rings is 1. The maximum Gasteiger partial charge on any atom is 0.449 e. The van der Waals surface area contributed by atoms with Crippen LogP contribution < -0.4 is 21.9 Å². The van der Waals surface area contributed by atoms with Gasteiger partial charge in [-0.1, -0.05) is 26.0 Å². The first-order chi connectivity index (χ1) is 16.0. The second-order valence-electron chi connectivity index (χ2n) is 8.04. The molecule has 0 aliphatic rings. The fourth-order valence-electron chi connectivity index (χ4n) is 3.60. The first-order valence-electron chi connectivity index (χ1n) is 10.4. The zero-order valence-electron chi connectivity index (χ0n) is 18.8. The number of rotatable bonds is 8. The van der Waals surface area contributed by atoms with Gasteiger partial charge in [-0.3, -0.25) is 19.1 Å². The van der Waals surface area contributed by atoms with Crippen LogP contribution in [0, 0.1) is 5.92 Å². The normalized spacial score (nSPS) is 12.0. The Balaban J connectivity index is 2.12. The number of aromatic nitrogens is 4. The summed E-state index contributed by atoms with van der Waals surface area (Å²) in [5.74, 6) is -2.40. The van der Waals surface area contributed by atoms with Gasteiger partial charge in [-0.05, 0) is 18.1 Å². The Bertz CT molecular complexity index is 1310. The van der Waals surface area contributed by atoms with Gasteiger partial charge in [0.05, 0.1) is 17.6 Å². The fraction of sp³-hybridized carbons (Fsp3) is 0.429. The molecule has 10 nitrogen and oxygen atoms in total. The molecule has 34 heavy (non-hydrogen) atoms. The molecule has 0 saturated heterocycles. The highest BCUT2D eigenvalue weighted by Gasteiger charge is 2.38. The Hall–Kier alpha value is -3.61. The number of hydrogen-bond acceptors (Lipinski definition) is 6. The predicted molar refractivity (Wildman–Crippen MR) is 120 cm³/mol. The quantitative estimate of drug-likeness (QED) is 0.504. The lowest BCUT2D eigenvalue weighted by molar-refractivity contribution is -0.147. The van der Waals surface area contributed by atoms with E-state index < -0.39 is 35.7 Å². The number of nitrogens with one attached hydrogen (secondary N) is 1. The van der Waals surface area contributed by atoms with Crippen LogP contribution in [0.1, 0.15) is 19.7 Å². The molecule has 3 rings (SSSR count). The van der Waals surface area contributed by atoms with E-state index in [1.807, 2.05) is 13.8 Å². The van der Waals surface area contributed by atoms with Gasteiger partial charge in [0.25, 0.3) is 5.56 Å². The summed E-state index contributed by atoms with van der Waals surface area (Å²) in [5.41, 5.74) is 4.26. The minimum Gasteiger partial charge on any atom is -0.383 e. The van der Waals surface area contributed by atoms with Crippen molar-refractivity contribution in [2.75, 3.05) is 30.9 Å². The smallest absolute Gasteiger partial charge is 0.383 e. The number of hydrogen-bond donors (Lipinski definition) is 2. The van der Waals surface area contributed by atoms with Crippen LogP contribution >= 0.6 is 0 Å². The van der Waals surface area contributed by atoms with E-state index in [1.165, 1.54) is 31.4 Å². The van der Waals surface area contributed by atoms with Crippen molar-refractivity contribution in [3.8, 4) is 0 Å². The van der Waals surface area contributed by atoms with E-state index in [1.54, 1.807) is 0 Å². The number of methoxy groups -OCH3 is 1. The van der Waals surface area contributed by atoms with Crippen molar-refractivity contribution in [1.82, 2.24) is 19.1 Å². The van der Waals surface area contributed by atoms with Gasteiger partial charge in [-0.2, -0.15) is 13.2 Å². The third-order valence-corrected chi connectivity index (χ3v) is 5.05. The molecule has 1 aromatic carbocycles. The van der Waals surface area contributed by atoms with Gasteiger partial charge in [0.1, 0.15) is 12.4 Å². The lowest BCUT2D eigenvalue weighted by Crippen LogP contribution is -2.44. The largest absolute Gasteiger partial charge is 0.449 e. The van der Waals surface area contributed by atoms with Crippen LogP contribution in [-0.4, -0.2) is 45.3 Å². The number of ether oxygens (including phenoxy) is 1. The van der Waals surface area contributed by atoms with E-state index in [0.29, 0.717) is 0 Å². The molecule has 2 aromatic heterocycles. The second kappa shape index (κ2) is 9.71. The number of amides is 1. The zero-order chi connectivity index (χ0) is 25.2. The van der Waals surface area contributed by atoms with E-state index in [4.69, 9.17) is 10.5 Å². The maximum absolute atomic E-state index is 13.7. The van der Waals surface area contributed by atoms with Gasteiger partial charge in [0.2, 0.25) is 11.7 Å². The number of alkyl halides is 3. The van der Waals surface area contributed by atoms with Crippen molar-refractivity contribution in [3.63, 3.8) is 0 Å². The van der Waals surface area contributed by atoms with Crippen molar-refractivity contribution in [1.29, 1.82) is 0 Å². The molecule has 0 aliphatic heterocycles. The summed E-state index contributed by atoms with van der Waals surface area (Å²) < 4.78 is 47.9. The van der Waals surface area contributed by atoms with Gasteiger partial charge < -0.3 is 19.9 Å². The second-order valence-corrected chi connectivity index (χ2v) is 8.04. The zero-order valence-corrected chi connectivity index (χ0v) is 18.8. The number of nitrogens with zero attached hydrogens (tertiary/aromatic N) is 4. The molecule has 0 spiro atoms. The minimum absolute atomic E-state index is 0.0199. The number of para-hydroxylation sites is 2. The molecule has 184 valence electrons. The molecule has 0 unspecified atom stereocenters. The summed E-state index contributed by atoms with van der Waals surface area (Å²) in [6.45, 7) is 2.81. The van der Waals surface area contributed by atoms with E-state index in [2.05, 4.69) is 9.97 Å².